The van der Waals surface area contributed by atoms with Gasteiger partial charge < -0.3 is 24.5 Å². The molecule has 3 saturated heterocycles. The number of hydrogen-bond donors (Lipinski definition) is 2. The molecular weight excluding hydrogens is 392 g/mol. The highest BCUT2D eigenvalue weighted by atomic mass is 16.5. The molecule has 3 fully saturated rings. The third kappa shape index (κ3) is 3.32. The number of aliphatic hydroxyl groups is 1. The third-order valence-electron chi connectivity index (χ3n) is 7.20. The summed E-state index contributed by atoms with van der Waals surface area (Å²) < 4.78 is 10.8. The lowest BCUT2D eigenvalue weighted by Crippen LogP contribution is -2.46. The maximum Gasteiger partial charge on any atom is 0.143 e. The number of aromatic amines is 1. The van der Waals surface area contributed by atoms with Gasteiger partial charge in [-0.1, -0.05) is 24.3 Å². The molecule has 3 aromatic rings. The van der Waals surface area contributed by atoms with Crippen molar-refractivity contribution in [3.8, 4) is 11.3 Å². The van der Waals surface area contributed by atoms with Crippen LogP contribution in [0, 0.1) is 5.92 Å². The molecule has 0 bridgehead atoms. The van der Waals surface area contributed by atoms with Crippen LogP contribution < -0.4 is 4.90 Å². The molecule has 3 aliphatic rings. The Hall–Kier alpha value is -2.48. The minimum atomic E-state index is -0.841. The topological polar surface area (TPSA) is 83.5 Å². The first-order valence-corrected chi connectivity index (χ1v) is 11.3. The normalized spacial score (nSPS) is 23.9. The number of anilines is 1. The number of hydrogen-bond acceptors (Lipinski definition) is 6. The van der Waals surface area contributed by atoms with Crippen LogP contribution in [-0.2, 0) is 15.1 Å². The van der Waals surface area contributed by atoms with E-state index in [1.807, 2.05) is 24.3 Å². The van der Waals surface area contributed by atoms with Crippen molar-refractivity contribution in [2.24, 2.45) is 5.92 Å². The van der Waals surface area contributed by atoms with E-state index in [0.717, 1.165) is 66.3 Å². The highest BCUT2D eigenvalue weighted by Gasteiger charge is 2.38. The predicted molar refractivity (Wildman–Crippen MR) is 118 cm³/mol. The molecule has 0 saturated carbocycles. The van der Waals surface area contributed by atoms with Crippen LogP contribution in [0.1, 0.15) is 31.2 Å². The van der Waals surface area contributed by atoms with Crippen molar-refractivity contribution in [3.63, 3.8) is 0 Å². The first kappa shape index (κ1) is 19.2. The standard InChI is InChI=1S/C24H28N4O3/c29-24(13-31-14-24)18-5-3-16(4-6-18)20-12-19-22(27-20)25-15-26-23(19)28-9-1-2-21(28)17-7-10-30-11-8-17/h3-6,12,15,17,21,29H,1-2,7-11,13-14H2,(H,25,26,27). The molecule has 1 atom stereocenters. The molecule has 3 aliphatic heterocycles. The average molecular weight is 421 g/mol. The largest absolute Gasteiger partial charge is 0.381 e. The Labute approximate surface area is 181 Å². The van der Waals surface area contributed by atoms with Crippen molar-refractivity contribution in [3.05, 3.63) is 42.2 Å². The number of fused-ring (bicyclic) bond motifs is 1. The monoisotopic (exact) mass is 420 g/mol. The number of nitrogens with zero attached hydrogens (tertiary/aromatic N) is 3. The van der Waals surface area contributed by atoms with Gasteiger partial charge in [0, 0.05) is 31.5 Å². The van der Waals surface area contributed by atoms with E-state index < -0.39 is 5.60 Å². The number of benzene rings is 1. The van der Waals surface area contributed by atoms with Gasteiger partial charge in [0.1, 0.15) is 23.4 Å². The van der Waals surface area contributed by atoms with Gasteiger partial charge in [0.2, 0.25) is 0 Å². The second-order valence-corrected chi connectivity index (χ2v) is 9.10. The van der Waals surface area contributed by atoms with E-state index in [1.165, 1.54) is 12.8 Å². The van der Waals surface area contributed by atoms with E-state index in [4.69, 9.17) is 14.5 Å². The number of nitrogens with one attached hydrogen (secondary N) is 1. The lowest BCUT2D eigenvalue weighted by molar-refractivity contribution is -0.184. The Kier molecular flexibility index (Phi) is 4.70. The van der Waals surface area contributed by atoms with Crippen LogP contribution >= 0.6 is 0 Å². The van der Waals surface area contributed by atoms with E-state index in [9.17, 15) is 5.11 Å². The number of ether oxygens (including phenoxy) is 2. The molecule has 7 nitrogen and oxygen atoms in total. The fraction of sp³-hybridized carbons (Fsp3) is 0.500. The van der Waals surface area contributed by atoms with Crippen molar-refractivity contribution in [1.82, 2.24) is 15.0 Å². The van der Waals surface area contributed by atoms with Crippen LogP contribution in [0.4, 0.5) is 5.82 Å². The lowest BCUT2D eigenvalue weighted by atomic mass is 9.90. The van der Waals surface area contributed by atoms with Gasteiger partial charge in [-0.25, -0.2) is 9.97 Å². The molecule has 0 amide bonds. The van der Waals surface area contributed by atoms with E-state index >= 15 is 0 Å². The molecule has 162 valence electrons. The molecule has 5 heterocycles. The number of H-pyrrole nitrogens is 1. The van der Waals surface area contributed by atoms with Crippen molar-refractivity contribution >= 4 is 16.9 Å². The van der Waals surface area contributed by atoms with Gasteiger partial charge in [0.05, 0.1) is 18.6 Å². The zero-order valence-electron chi connectivity index (χ0n) is 17.6. The second-order valence-electron chi connectivity index (χ2n) is 9.10. The number of aromatic nitrogens is 3. The third-order valence-corrected chi connectivity index (χ3v) is 7.20. The van der Waals surface area contributed by atoms with Gasteiger partial charge in [-0.05, 0) is 48.8 Å². The summed E-state index contributed by atoms with van der Waals surface area (Å²) in [5, 5.41) is 11.6. The summed E-state index contributed by atoms with van der Waals surface area (Å²) in [4.78, 5) is 15.2. The number of rotatable bonds is 4. The van der Waals surface area contributed by atoms with Gasteiger partial charge in [0.15, 0.2) is 0 Å². The van der Waals surface area contributed by atoms with E-state index in [1.54, 1.807) is 6.33 Å². The van der Waals surface area contributed by atoms with Crippen molar-refractivity contribution < 1.29 is 14.6 Å². The minimum absolute atomic E-state index is 0.363. The van der Waals surface area contributed by atoms with Gasteiger partial charge >= 0.3 is 0 Å². The molecular formula is C24H28N4O3. The molecule has 6 rings (SSSR count). The predicted octanol–water partition coefficient (Wildman–Crippen LogP) is 3.24. The molecule has 1 aromatic carbocycles. The van der Waals surface area contributed by atoms with Gasteiger partial charge in [-0.3, -0.25) is 0 Å². The zero-order chi connectivity index (χ0) is 20.8. The quantitative estimate of drug-likeness (QED) is 0.674. The molecule has 0 aliphatic carbocycles. The van der Waals surface area contributed by atoms with Crippen molar-refractivity contribution in [2.75, 3.05) is 37.9 Å². The summed E-state index contributed by atoms with van der Waals surface area (Å²) in [5.74, 6) is 1.72. The highest BCUT2D eigenvalue weighted by molar-refractivity contribution is 5.92. The van der Waals surface area contributed by atoms with Crippen LogP contribution in [0.2, 0.25) is 0 Å². The van der Waals surface area contributed by atoms with Crippen LogP contribution in [-0.4, -0.2) is 59.1 Å². The summed E-state index contributed by atoms with van der Waals surface area (Å²) in [6.45, 7) is 3.52. The maximum absolute atomic E-state index is 10.5. The Bertz CT molecular complexity index is 1070. The first-order chi connectivity index (χ1) is 15.2. The summed E-state index contributed by atoms with van der Waals surface area (Å²) in [7, 11) is 0. The Morgan fingerprint density at radius 2 is 1.84 bits per heavy atom. The highest BCUT2D eigenvalue weighted by Crippen LogP contribution is 2.37. The van der Waals surface area contributed by atoms with Crippen molar-refractivity contribution in [1.29, 1.82) is 0 Å². The van der Waals surface area contributed by atoms with Crippen LogP contribution in [0.5, 0.6) is 0 Å². The molecule has 2 N–H and O–H groups in total. The van der Waals surface area contributed by atoms with E-state index in [0.29, 0.717) is 25.2 Å². The fourth-order valence-electron chi connectivity index (χ4n) is 5.38. The molecule has 2 aromatic heterocycles. The van der Waals surface area contributed by atoms with Gasteiger partial charge in [-0.2, -0.15) is 0 Å². The lowest BCUT2D eigenvalue weighted by Gasteiger charge is -2.36. The average Bonchev–Trinajstić information content (AvgIpc) is 3.45. The Balaban J connectivity index is 1.32. The molecule has 31 heavy (non-hydrogen) atoms. The molecule has 0 radical (unpaired) electrons. The van der Waals surface area contributed by atoms with Gasteiger partial charge in [-0.15, -0.1) is 0 Å². The second kappa shape index (κ2) is 7.58. The molecule has 1 unspecified atom stereocenters. The van der Waals surface area contributed by atoms with E-state index in [-0.39, 0.29) is 0 Å². The summed E-state index contributed by atoms with van der Waals surface area (Å²) in [5.41, 5.74) is 3.01. The zero-order valence-corrected chi connectivity index (χ0v) is 17.6. The minimum Gasteiger partial charge on any atom is -0.381 e. The summed E-state index contributed by atoms with van der Waals surface area (Å²) in [6, 6.07) is 10.8. The Morgan fingerprint density at radius 1 is 1.03 bits per heavy atom. The van der Waals surface area contributed by atoms with E-state index in [2.05, 4.69) is 20.9 Å². The fourth-order valence-corrected chi connectivity index (χ4v) is 5.38. The van der Waals surface area contributed by atoms with Crippen molar-refractivity contribution in [2.45, 2.75) is 37.3 Å². The molecule has 7 heteroatoms. The van der Waals surface area contributed by atoms with Gasteiger partial charge in [0.25, 0.3) is 0 Å². The Morgan fingerprint density at radius 3 is 2.58 bits per heavy atom. The van der Waals surface area contributed by atoms with Crippen LogP contribution in [0.3, 0.4) is 0 Å². The summed E-state index contributed by atoms with van der Waals surface area (Å²) in [6.07, 6.45) is 6.38. The van der Waals surface area contributed by atoms with Crippen LogP contribution in [0.15, 0.2) is 36.7 Å². The van der Waals surface area contributed by atoms with Crippen LogP contribution in [0.25, 0.3) is 22.3 Å². The smallest absolute Gasteiger partial charge is 0.143 e. The summed E-state index contributed by atoms with van der Waals surface area (Å²) >= 11 is 0. The maximum atomic E-state index is 10.5. The SMILES string of the molecule is OC1(c2ccc(-c3cc4c(N5CCCC5C5CCOCC5)ncnc4[nH]3)cc2)COC1. The molecule has 0 spiro atoms. The first-order valence-electron chi connectivity index (χ1n) is 11.3.